The smallest absolute Gasteiger partial charge is 0.0585 e. The van der Waals surface area contributed by atoms with E-state index in [1.165, 1.54) is 33.4 Å². The molecule has 39 heavy (non-hydrogen) atoms. The van der Waals surface area contributed by atoms with Gasteiger partial charge >= 0.3 is 0 Å². The standard InChI is InChI=1S/C39H38/c1-29(2)35-26-27-38(31-16-8-4-9-17-31,37-25-24-30(3)28-36(35)37)39(32-18-10-5-11-19-32,33-20-12-6-13-21-33)34-22-14-7-15-23-34/h4-24H,25-28H2,1-3H3. The van der Waals surface area contributed by atoms with Gasteiger partial charge in [-0.3, -0.25) is 0 Å². The van der Waals surface area contributed by atoms with Crippen LogP contribution >= 0.6 is 0 Å². The first kappa shape index (κ1) is 25.4. The summed E-state index contributed by atoms with van der Waals surface area (Å²) in [6.07, 6.45) is 6.66. The second-order valence-electron chi connectivity index (χ2n) is 11.5. The maximum absolute atomic E-state index is 2.50. The molecule has 0 heteroatoms. The number of allylic oxidation sites excluding steroid dienone is 6. The molecule has 2 aliphatic carbocycles. The van der Waals surface area contributed by atoms with Crippen LogP contribution in [0.1, 0.15) is 68.7 Å². The Morgan fingerprint density at radius 1 is 0.641 bits per heavy atom. The summed E-state index contributed by atoms with van der Waals surface area (Å²) in [5, 5.41) is 0. The Morgan fingerprint density at radius 3 is 1.56 bits per heavy atom. The van der Waals surface area contributed by atoms with Gasteiger partial charge in [-0.25, -0.2) is 0 Å². The van der Waals surface area contributed by atoms with E-state index in [0.717, 1.165) is 25.7 Å². The quantitative estimate of drug-likeness (QED) is 0.187. The molecule has 4 aromatic carbocycles. The average Bonchev–Trinajstić information content (AvgIpc) is 2.99. The third-order valence-electron chi connectivity index (χ3n) is 9.23. The van der Waals surface area contributed by atoms with Gasteiger partial charge in [-0.1, -0.05) is 144 Å². The third kappa shape index (κ3) is 3.97. The Bertz CT molecular complexity index is 1440. The molecule has 0 amide bonds. The van der Waals surface area contributed by atoms with Gasteiger partial charge in [0.05, 0.1) is 5.41 Å². The first-order valence-electron chi connectivity index (χ1n) is 14.4. The maximum Gasteiger partial charge on any atom is 0.0585 e. The zero-order chi connectivity index (χ0) is 26.9. The van der Waals surface area contributed by atoms with Crippen molar-refractivity contribution in [1.82, 2.24) is 0 Å². The molecule has 194 valence electrons. The molecule has 4 aromatic rings. The van der Waals surface area contributed by atoms with Crippen LogP contribution in [0.3, 0.4) is 0 Å². The highest BCUT2D eigenvalue weighted by molar-refractivity contribution is 5.66. The normalized spacial score (nSPS) is 19.4. The van der Waals surface area contributed by atoms with Crippen LogP contribution in [0.25, 0.3) is 0 Å². The molecule has 2 aliphatic rings. The van der Waals surface area contributed by atoms with Crippen molar-refractivity contribution < 1.29 is 0 Å². The van der Waals surface area contributed by atoms with Gasteiger partial charge in [0.25, 0.3) is 0 Å². The highest BCUT2D eigenvalue weighted by Gasteiger charge is 2.58. The molecule has 0 aliphatic heterocycles. The molecule has 0 N–H and O–H groups in total. The van der Waals surface area contributed by atoms with Gasteiger partial charge in [0.15, 0.2) is 0 Å². The maximum atomic E-state index is 2.50. The van der Waals surface area contributed by atoms with Crippen LogP contribution in [-0.2, 0) is 10.8 Å². The second-order valence-corrected chi connectivity index (χ2v) is 11.5. The van der Waals surface area contributed by atoms with Crippen molar-refractivity contribution in [1.29, 1.82) is 0 Å². The van der Waals surface area contributed by atoms with Crippen molar-refractivity contribution in [3.05, 3.63) is 178 Å². The Morgan fingerprint density at radius 2 is 1.10 bits per heavy atom. The molecule has 0 aromatic heterocycles. The first-order chi connectivity index (χ1) is 19.1. The topological polar surface area (TPSA) is 0 Å². The van der Waals surface area contributed by atoms with E-state index >= 15 is 0 Å². The molecule has 0 saturated heterocycles. The third-order valence-corrected chi connectivity index (χ3v) is 9.23. The first-order valence-corrected chi connectivity index (χ1v) is 14.4. The van der Waals surface area contributed by atoms with Gasteiger partial charge in [0.2, 0.25) is 0 Å². The van der Waals surface area contributed by atoms with Gasteiger partial charge in [-0.15, -0.1) is 0 Å². The SMILES string of the molecule is CC1=CCC2=C(C1)C(=C(C)C)CCC2(c1ccccc1)C(c1ccccc1)(c1ccccc1)c1ccccc1. The summed E-state index contributed by atoms with van der Waals surface area (Å²) in [6.45, 7) is 6.92. The second kappa shape index (κ2) is 10.3. The lowest BCUT2D eigenvalue weighted by molar-refractivity contribution is 0.307. The minimum atomic E-state index is -0.412. The Kier molecular flexibility index (Phi) is 6.73. The van der Waals surface area contributed by atoms with E-state index in [4.69, 9.17) is 0 Å². The molecule has 1 unspecified atom stereocenters. The highest BCUT2D eigenvalue weighted by Crippen LogP contribution is 2.63. The van der Waals surface area contributed by atoms with E-state index in [-0.39, 0.29) is 5.41 Å². The van der Waals surface area contributed by atoms with Gasteiger partial charge in [-0.2, -0.15) is 0 Å². The number of rotatable bonds is 5. The lowest BCUT2D eigenvalue weighted by Crippen LogP contribution is -2.54. The minimum Gasteiger partial charge on any atom is -0.0812 e. The van der Waals surface area contributed by atoms with Crippen LogP contribution in [0.4, 0.5) is 0 Å². The van der Waals surface area contributed by atoms with Crippen LogP contribution in [0, 0.1) is 0 Å². The molecule has 0 heterocycles. The van der Waals surface area contributed by atoms with Crippen molar-refractivity contribution in [2.75, 3.05) is 0 Å². The largest absolute Gasteiger partial charge is 0.0812 e. The van der Waals surface area contributed by atoms with Gasteiger partial charge < -0.3 is 0 Å². The molecule has 1 atom stereocenters. The summed E-state index contributed by atoms with van der Waals surface area (Å²) >= 11 is 0. The Labute approximate surface area is 234 Å². The van der Waals surface area contributed by atoms with Crippen LogP contribution in [0.5, 0.6) is 0 Å². The summed E-state index contributed by atoms with van der Waals surface area (Å²) in [7, 11) is 0. The molecular formula is C39H38. The number of hydrogen-bond donors (Lipinski definition) is 0. The van der Waals surface area contributed by atoms with Crippen LogP contribution in [-0.4, -0.2) is 0 Å². The van der Waals surface area contributed by atoms with E-state index in [2.05, 4.69) is 148 Å². The molecule has 6 rings (SSSR count). The summed E-state index contributed by atoms with van der Waals surface area (Å²) in [6, 6.07) is 45.4. The van der Waals surface area contributed by atoms with E-state index in [1.54, 1.807) is 16.7 Å². The van der Waals surface area contributed by atoms with Crippen molar-refractivity contribution in [3.63, 3.8) is 0 Å². The van der Waals surface area contributed by atoms with Crippen molar-refractivity contribution in [2.45, 2.75) is 57.3 Å². The number of benzene rings is 4. The van der Waals surface area contributed by atoms with E-state index in [9.17, 15) is 0 Å². The summed E-state index contributed by atoms with van der Waals surface area (Å²) in [4.78, 5) is 0. The van der Waals surface area contributed by atoms with Gasteiger partial charge in [0.1, 0.15) is 0 Å². The zero-order valence-corrected chi connectivity index (χ0v) is 23.5. The predicted octanol–water partition coefficient (Wildman–Crippen LogP) is 10.1. The fourth-order valence-electron chi connectivity index (χ4n) is 7.72. The molecule has 0 radical (unpaired) electrons. The van der Waals surface area contributed by atoms with Crippen LogP contribution < -0.4 is 0 Å². The molecular weight excluding hydrogens is 468 g/mol. The van der Waals surface area contributed by atoms with E-state index in [1.807, 2.05) is 0 Å². The fraction of sp³-hybridized carbons (Fsp3) is 0.231. The molecule has 0 spiro atoms. The molecule has 0 saturated carbocycles. The zero-order valence-electron chi connectivity index (χ0n) is 23.5. The van der Waals surface area contributed by atoms with E-state index in [0.29, 0.717) is 0 Å². The fourth-order valence-corrected chi connectivity index (χ4v) is 7.72. The monoisotopic (exact) mass is 506 g/mol. The highest BCUT2D eigenvalue weighted by atomic mass is 14.6. The van der Waals surface area contributed by atoms with Crippen LogP contribution in [0.2, 0.25) is 0 Å². The lowest BCUT2D eigenvalue weighted by atomic mass is 9.44. The molecule has 0 nitrogen and oxygen atoms in total. The Balaban J connectivity index is 1.85. The summed E-state index contributed by atoms with van der Waals surface area (Å²) in [5.74, 6) is 0. The minimum absolute atomic E-state index is 0.260. The van der Waals surface area contributed by atoms with Gasteiger partial charge in [0, 0.05) is 5.41 Å². The van der Waals surface area contributed by atoms with Crippen LogP contribution in [0.15, 0.2) is 155 Å². The van der Waals surface area contributed by atoms with Crippen molar-refractivity contribution in [2.24, 2.45) is 0 Å². The molecule has 0 fully saturated rings. The van der Waals surface area contributed by atoms with Crippen molar-refractivity contribution in [3.8, 4) is 0 Å². The predicted molar refractivity (Wildman–Crippen MR) is 165 cm³/mol. The number of hydrogen-bond acceptors (Lipinski definition) is 0. The Hall–Kier alpha value is -3.90. The van der Waals surface area contributed by atoms with Gasteiger partial charge in [-0.05, 0) is 79.9 Å². The van der Waals surface area contributed by atoms with E-state index < -0.39 is 5.41 Å². The summed E-state index contributed by atoms with van der Waals surface area (Å²) < 4.78 is 0. The average molecular weight is 507 g/mol. The van der Waals surface area contributed by atoms with Crippen molar-refractivity contribution >= 4 is 0 Å². The molecule has 0 bridgehead atoms. The lowest BCUT2D eigenvalue weighted by Gasteiger charge is -2.57. The summed E-state index contributed by atoms with van der Waals surface area (Å²) in [5.41, 5.74) is 12.5.